The molecule has 3 aromatic rings. The molecule has 0 saturated heterocycles. The van der Waals surface area contributed by atoms with Crippen molar-refractivity contribution >= 4 is 57.4 Å². The molecule has 0 unspecified atom stereocenters. The second-order valence-electron chi connectivity index (χ2n) is 6.01. The van der Waals surface area contributed by atoms with Crippen LogP contribution in [-0.2, 0) is 11.2 Å². The minimum atomic E-state index is 0.676. The van der Waals surface area contributed by atoms with Gasteiger partial charge in [-0.2, -0.15) is 0 Å². The van der Waals surface area contributed by atoms with Crippen molar-refractivity contribution in [1.29, 1.82) is 0 Å². The zero-order chi connectivity index (χ0) is 18.1. The van der Waals surface area contributed by atoms with Gasteiger partial charge in [0.25, 0.3) is 0 Å². The van der Waals surface area contributed by atoms with E-state index in [1.54, 1.807) is 25.2 Å². The van der Waals surface area contributed by atoms with E-state index in [0.29, 0.717) is 11.6 Å². The molecule has 0 aliphatic carbocycles. The number of nitrogens with zero attached hydrogens (tertiary/aromatic N) is 3. The first kappa shape index (κ1) is 17.9. The summed E-state index contributed by atoms with van der Waals surface area (Å²) in [6.45, 7) is 1.55. The van der Waals surface area contributed by atoms with E-state index in [2.05, 4.69) is 27.0 Å². The number of fused-ring (bicyclic) bond motifs is 2. The maximum absolute atomic E-state index is 6.44. The average Bonchev–Trinajstić information content (AvgIpc) is 3.04. The zero-order valence-corrected chi connectivity index (χ0v) is 16.5. The van der Waals surface area contributed by atoms with Gasteiger partial charge in [-0.3, -0.25) is 0 Å². The Balaban J connectivity index is 1.79. The number of anilines is 2. The molecule has 1 aliphatic rings. The minimum Gasteiger partial charge on any atom is -0.384 e. The highest BCUT2D eigenvalue weighted by atomic mass is 35.5. The van der Waals surface area contributed by atoms with Gasteiger partial charge in [0.1, 0.15) is 12.1 Å². The number of benzene rings is 2. The highest BCUT2D eigenvalue weighted by Crippen LogP contribution is 2.40. The van der Waals surface area contributed by atoms with Gasteiger partial charge in [0.05, 0.1) is 17.1 Å². The van der Waals surface area contributed by atoms with Crippen molar-refractivity contribution in [2.45, 2.75) is 11.3 Å². The fourth-order valence-corrected chi connectivity index (χ4v) is 4.53. The van der Waals surface area contributed by atoms with E-state index in [-0.39, 0.29) is 0 Å². The smallest absolute Gasteiger partial charge is 0.144 e. The van der Waals surface area contributed by atoms with Gasteiger partial charge < -0.3 is 9.64 Å². The van der Waals surface area contributed by atoms with Gasteiger partial charge in [-0.25, -0.2) is 9.97 Å². The number of aromatic nitrogens is 2. The summed E-state index contributed by atoms with van der Waals surface area (Å²) in [5, 5.41) is 2.42. The lowest BCUT2D eigenvalue weighted by Crippen LogP contribution is -2.15. The van der Waals surface area contributed by atoms with Crippen molar-refractivity contribution in [3.63, 3.8) is 0 Å². The molecule has 0 spiro atoms. The Morgan fingerprint density at radius 3 is 2.92 bits per heavy atom. The monoisotopic (exact) mass is 405 g/mol. The largest absolute Gasteiger partial charge is 0.384 e. The SMILES string of the molecule is COCCSc1cc2c(N3CCc4ccc(Cl)cc43)ncnc2cc1Cl. The van der Waals surface area contributed by atoms with E-state index in [1.807, 2.05) is 18.2 Å². The highest BCUT2D eigenvalue weighted by molar-refractivity contribution is 7.99. The van der Waals surface area contributed by atoms with E-state index in [4.69, 9.17) is 27.9 Å². The standard InChI is InChI=1S/C19H17Cl2N3OS/c1-25-6-7-26-18-9-14-16(10-15(18)21)22-11-23-19(14)24-5-4-12-2-3-13(20)8-17(12)24/h2-3,8-11H,4-7H2,1H3. The molecule has 4 nitrogen and oxygen atoms in total. The fraction of sp³-hybridized carbons (Fsp3) is 0.263. The molecule has 7 heteroatoms. The van der Waals surface area contributed by atoms with Gasteiger partial charge >= 0.3 is 0 Å². The van der Waals surface area contributed by atoms with E-state index < -0.39 is 0 Å². The number of hydrogen-bond acceptors (Lipinski definition) is 5. The lowest BCUT2D eigenvalue weighted by Gasteiger charge is -2.20. The molecule has 1 aliphatic heterocycles. The number of ether oxygens (including phenoxy) is 1. The molecule has 0 saturated carbocycles. The predicted molar refractivity (Wildman–Crippen MR) is 109 cm³/mol. The Labute approximate surface area is 166 Å². The Kier molecular flexibility index (Phi) is 5.23. The third kappa shape index (κ3) is 3.37. The summed E-state index contributed by atoms with van der Waals surface area (Å²) >= 11 is 14.3. The molecular formula is C19H17Cl2N3OS. The summed E-state index contributed by atoms with van der Waals surface area (Å²) in [6.07, 6.45) is 2.56. The van der Waals surface area contributed by atoms with Crippen molar-refractivity contribution in [3.8, 4) is 0 Å². The lowest BCUT2D eigenvalue weighted by molar-refractivity contribution is 0.218. The lowest BCUT2D eigenvalue weighted by atomic mass is 10.2. The normalized spacial score (nSPS) is 13.4. The maximum atomic E-state index is 6.44. The number of hydrogen-bond donors (Lipinski definition) is 0. The van der Waals surface area contributed by atoms with Crippen molar-refractivity contribution in [2.75, 3.05) is 30.9 Å². The summed E-state index contributed by atoms with van der Waals surface area (Å²) in [6, 6.07) is 10.0. The molecule has 2 aromatic carbocycles. The quantitative estimate of drug-likeness (QED) is 0.421. The average molecular weight is 406 g/mol. The third-order valence-electron chi connectivity index (χ3n) is 4.41. The Bertz CT molecular complexity index is 967. The summed E-state index contributed by atoms with van der Waals surface area (Å²) in [4.78, 5) is 12.2. The van der Waals surface area contributed by atoms with Gasteiger partial charge in [-0.1, -0.05) is 29.3 Å². The third-order valence-corrected chi connectivity index (χ3v) is 6.09. The van der Waals surface area contributed by atoms with Crippen LogP contribution in [0.3, 0.4) is 0 Å². The van der Waals surface area contributed by atoms with Crippen LogP contribution >= 0.6 is 35.0 Å². The molecule has 0 amide bonds. The molecule has 1 aromatic heterocycles. The molecule has 0 radical (unpaired) electrons. The molecule has 0 atom stereocenters. The van der Waals surface area contributed by atoms with Crippen molar-refractivity contribution < 1.29 is 4.74 Å². The van der Waals surface area contributed by atoms with Gasteiger partial charge in [-0.15, -0.1) is 11.8 Å². The molecule has 0 fully saturated rings. The first-order valence-corrected chi connectivity index (χ1v) is 10.0. The van der Waals surface area contributed by atoms with Crippen molar-refractivity contribution in [2.24, 2.45) is 0 Å². The van der Waals surface area contributed by atoms with Crippen molar-refractivity contribution in [3.05, 3.63) is 52.3 Å². The molecule has 0 N–H and O–H groups in total. The van der Waals surface area contributed by atoms with Crippen LogP contribution in [0, 0.1) is 0 Å². The van der Waals surface area contributed by atoms with Crippen LogP contribution in [0.2, 0.25) is 10.0 Å². The van der Waals surface area contributed by atoms with Crippen LogP contribution in [0.1, 0.15) is 5.56 Å². The Morgan fingerprint density at radius 1 is 1.19 bits per heavy atom. The van der Waals surface area contributed by atoms with Crippen LogP contribution < -0.4 is 4.90 Å². The van der Waals surface area contributed by atoms with Gasteiger partial charge in [0.2, 0.25) is 0 Å². The predicted octanol–water partition coefficient (Wildman–Crippen LogP) is 5.37. The van der Waals surface area contributed by atoms with E-state index in [1.165, 1.54) is 5.56 Å². The van der Waals surface area contributed by atoms with Crippen LogP contribution in [-0.4, -0.2) is 36.0 Å². The number of methoxy groups -OCH3 is 1. The van der Waals surface area contributed by atoms with Gasteiger partial charge in [0, 0.05) is 40.4 Å². The van der Waals surface area contributed by atoms with Crippen LogP contribution in [0.4, 0.5) is 11.5 Å². The summed E-state index contributed by atoms with van der Waals surface area (Å²) in [5.74, 6) is 1.73. The first-order chi connectivity index (χ1) is 12.7. The second kappa shape index (κ2) is 7.61. The zero-order valence-electron chi connectivity index (χ0n) is 14.2. The number of thioether (sulfide) groups is 1. The van der Waals surface area contributed by atoms with E-state index in [0.717, 1.165) is 51.0 Å². The first-order valence-electron chi connectivity index (χ1n) is 8.29. The molecule has 26 heavy (non-hydrogen) atoms. The van der Waals surface area contributed by atoms with Gasteiger partial charge in [-0.05, 0) is 36.2 Å². The van der Waals surface area contributed by atoms with Crippen LogP contribution in [0.15, 0.2) is 41.6 Å². The second-order valence-corrected chi connectivity index (χ2v) is 7.99. The highest BCUT2D eigenvalue weighted by Gasteiger charge is 2.24. The molecule has 4 rings (SSSR count). The Hall–Kier alpha value is -1.53. The summed E-state index contributed by atoms with van der Waals surface area (Å²) in [5.41, 5.74) is 3.23. The van der Waals surface area contributed by atoms with E-state index in [9.17, 15) is 0 Å². The molecule has 2 heterocycles. The van der Waals surface area contributed by atoms with Crippen LogP contribution in [0.5, 0.6) is 0 Å². The van der Waals surface area contributed by atoms with E-state index >= 15 is 0 Å². The Morgan fingerprint density at radius 2 is 2.08 bits per heavy atom. The maximum Gasteiger partial charge on any atom is 0.144 e. The number of rotatable bonds is 5. The molecule has 134 valence electrons. The van der Waals surface area contributed by atoms with Crippen LogP contribution in [0.25, 0.3) is 10.9 Å². The molecule has 0 bridgehead atoms. The van der Waals surface area contributed by atoms with Gasteiger partial charge in [0.15, 0.2) is 0 Å². The topological polar surface area (TPSA) is 38.2 Å². The fourth-order valence-electron chi connectivity index (χ4n) is 3.18. The van der Waals surface area contributed by atoms with Crippen molar-refractivity contribution in [1.82, 2.24) is 9.97 Å². The summed E-state index contributed by atoms with van der Waals surface area (Å²) < 4.78 is 5.14. The summed E-state index contributed by atoms with van der Waals surface area (Å²) in [7, 11) is 1.70. The molecular weight excluding hydrogens is 389 g/mol. The number of halogens is 2. The minimum absolute atomic E-state index is 0.676.